The first kappa shape index (κ1) is 13.2. The first-order valence-corrected chi connectivity index (χ1v) is 6.90. The van der Waals surface area contributed by atoms with Crippen LogP contribution in [0, 0.1) is 6.92 Å². The Hall–Kier alpha value is -1.22. The normalized spacial score (nSPS) is 20.9. The second-order valence-electron chi connectivity index (χ2n) is 5.27. The molecule has 1 aromatic rings. The van der Waals surface area contributed by atoms with Crippen LogP contribution in [0.15, 0.2) is 18.2 Å². The van der Waals surface area contributed by atoms with Gasteiger partial charge in [0.25, 0.3) is 0 Å². The molecule has 3 nitrogen and oxygen atoms in total. The molecule has 0 aliphatic carbocycles. The molecule has 2 N–H and O–H groups in total. The van der Waals surface area contributed by atoms with Gasteiger partial charge in [-0.05, 0) is 50.9 Å². The van der Waals surface area contributed by atoms with E-state index in [1.807, 2.05) is 25.1 Å². The topological polar surface area (TPSA) is 38.5 Å². The molecule has 1 aliphatic rings. The Kier molecular flexibility index (Phi) is 4.48. The maximum Gasteiger partial charge on any atom is 0.142 e. The molecule has 0 radical (unpaired) electrons. The molecule has 1 aliphatic heterocycles. The summed E-state index contributed by atoms with van der Waals surface area (Å²) in [6, 6.07) is 6.65. The standard InChI is InChI=1S/C15H24N2O/c1-12-6-7-15(14(16)11-12)18-10-9-17-8-4-3-5-13(17)2/h6-7,11,13H,3-5,8-10,16H2,1-2H3. The van der Waals surface area contributed by atoms with Gasteiger partial charge in [0.2, 0.25) is 0 Å². The Balaban J connectivity index is 1.81. The molecule has 2 rings (SSSR count). The number of nitrogen functional groups attached to an aromatic ring is 1. The van der Waals surface area contributed by atoms with Gasteiger partial charge >= 0.3 is 0 Å². The molecule has 0 amide bonds. The second kappa shape index (κ2) is 6.10. The third-order valence-corrected chi connectivity index (χ3v) is 3.74. The number of nitrogens with two attached hydrogens (primary N) is 1. The van der Waals surface area contributed by atoms with E-state index in [4.69, 9.17) is 10.5 Å². The van der Waals surface area contributed by atoms with E-state index in [9.17, 15) is 0 Å². The summed E-state index contributed by atoms with van der Waals surface area (Å²) in [6.07, 6.45) is 3.99. The Morgan fingerprint density at radius 3 is 2.94 bits per heavy atom. The first-order valence-electron chi connectivity index (χ1n) is 6.90. The fourth-order valence-corrected chi connectivity index (χ4v) is 2.56. The summed E-state index contributed by atoms with van der Waals surface area (Å²) < 4.78 is 5.78. The molecule has 0 spiro atoms. The fourth-order valence-electron chi connectivity index (χ4n) is 2.56. The molecular weight excluding hydrogens is 224 g/mol. The number of likely N-dealkylation sites (tertiary alicyclic amines) is 1. The Labute approximate surface area is 110 Å². The number of anilines is 1. The van der Waals surface area contributed by atoms with Crippen molar-refractivity contribution in [1.29, 1.82) is 0 Å². The molecule has 1 fully saturated rings. The summed E-state index contributed by atoms with van der Waals surface area (Å²) in [7, 11) is 0. The lowest BCUT2D eigenvalue weighted by Crippen LogP contribution is -2.39. The highest BCUT2D eigenvalue weighted by molar-refractivity contribution is 5.53. The van der Waals surface area contributed by atoms with Crippen LogP contribution in [0.1, 0.15) is 31.7 Å². The lowest BCUT2D eigenvalue weighted by Gasteiger charge is -2.33. The SMILES string of the molecule is Cc1ccc(OCCN2CCCCC2C)c(N)c1. The molecule has 100 valence electrons. The van der Waals surface area contributed by atoms with Crippen LogP contribution in [0.4, 0.5) is 5.69 Å². The lowest BCUT2D eigenvalue weighted by molar-refractivity contribution is 0.133. The van der Waals surface area contributed by atoms with Crippen LogP contribution < -0.4 is 10.5 Å². The van der Waals surface area contributed by atoms with Crippen molar-refractivity contribution in [2.75, 3.05) is 25.4 Å². The maximum absolute atomic E-state index is 5.93. The van der Waals surface area contributed by atoms with E-state index < -0.39 is 0 Å². The third-order valence-electron chi connectivity index (χ3n) is 3.74. The van der Waals surface area contributed by atoms with E-state index in [2.05, 4.69) is 11.8 Å². The number of benzene rings is 1. The van der Waals surface area contributed by atoms with Gasteiger partial charge < -0.3 is 10.5 Å². The average Bonchev–Trinajstić information content (AvgIpc) is 2.34. The van der Waals surface area contributed by atoms with Crippen LogP contribution in [-0.2, 0) is 0 Å². The van der Waals surface area contributed by atoms with E-state index >= 15 is 0 Å². The molecule has 0 saturated carbocycles. The van der Waals surface area contributed by atoms with Crippen LogP contribution >= 0.6 is 0 Å². The Morgan fingerprint density at radius 1 is 1.39 bits per heavy atom. The highest BCUT2D eigenvalue weighted by Crippen LogP contribution is 2.22. The zero-order valence-corrected chi connectivity index (χ0v) is 11.5. The number of piperidine rings is 1. The molecule has 0 aromatic heterocycles. The van der Waals surface area contributed by atoms with Crippen LogP contribution in [-0.4, -0.2) is 30.6 Å². The molecule has 18 heavy (non-hydrogen) atoms. The summed E-state index contributed by atoms with van der Waals surface area (Å²) in [6.45, 7) is 7.26. The average molecular weight is 248 g/mol. The second-order valence-corrected chi connectivity index (χ2v) is 5.27. The van der Waals surface area contributed by atoms with E-state index in [0.717, 1.165) is 24.6 Å². The third kappa shape index (κ3) is 3.39. The van der Waals surface area contributed by atoms with Crippen molar-refractivity contribution in [1.82, 2.24) is 4.90 Å². The molecule has 0 bridgehead atoms. The van der Waals surface area contributed by atoms with Crippen LogP contribution in [0.2, 0.25) is 0 Å². The minimum Gasteiger partial charge on any atom is -0.490 e. The summed E-state index contributed by atoms with van der Waals surface area (Å²) >= 11 is 0. The molecule has 1 heterocycles. The van der Waals surface area contributed by atoms with E-state index in [-0.39, 0.29) is 0 Å². The minimum absolute atomic E-state index is 0.692. The number of nitrogens with zero attached hydrogens (tertiary/aromatic N) is 1. The number of hydrogen-bond acceptors (Lipinski definition) is 3. The highest BCUT2D eigenvalue weighted by Gasteiger charge is 2.17. The molecular formula is C15H24N2O. The molecule has 1 saturated heterocycles. The quantitative estimate of drug-likeness (QED) is 0.833. The highest BCUT2D eigenvalue weighted by atomic mass is 16.5. The largest absolute Gasteiger partial charge is 0.490 e. The van der Waals surface area contributed by atoms with Gasteiger partial charge in [-0.25, -0.2) is 0 Å². The van der Waals surface area contributed by atoms with E-state index in [0.29, 0.717) is 6.04 Å². The summed E-state index contributed by atoms with van der Waals surface area (Å²) in [5, 5.41) is 0. The molecule has 1 aromatic carbocycles. The number of aryl methyl sites for hydroxylation is 1. The van der Waals surface area contributed by atoms with Crippen LogP contribution in [0.5, 0.6) is 5.75 Å². The summed E-state index contributed by atoms with van der Waals surface area (Å²) in [5.74, 6) is 0.810. The predicted molar refractivity (Wildman–Crippen MR) is 76.0 cm³/mol. The smallest absolute Gasteiger partial charge is 0.142 e. The molecule has 1 atom stereocenters. The van der Waals surface area contributed by atoms with E-state index in [1.54, 1.807) is 0 Å². The van der Waals surface area contributed by atoms with E-state index in [1.165, 1.54) is 31.4 Å². The number of rotatable bonds is 4. The van der Waals surface area contributed by atoms with Crippen molar-refractivity contribution >= 4 is 5.69 Å². The zero-order valence-electron chi connectivity index (χ0n) is 11.5. The van der Waals surface area contributed by atoms with Crippen molar-refractivity contribution in [3.05, 3.63) is 23.8 Å². The summed E-state index contributed by atoms with van der Waals surface area (Å²) in [5.41, 5.74) is 7.84. The number of hydrogen-bond donors (Lipinski definition) is 1. The van der Waals surface area contributed by atoms with Gasteiger partial charge in [0.05, 0.1) is 5.69 Å². The Morgan fingerprint density at radius 2 is 2.22 bits per heavy atom. The minimum atomic E-state index is 0.692. The van der Waals surface area contributed by atoms with Gasteiger partial charge in [-0.15, -0.1) is 0 Å². The maximum atomic E-state index is 5.93. The molecule has 3 heteroatoms. The van der Waals surface area contributed by atoms with Crippen molar-refractivity contribution in [2.45, 2.75) is 39.2 Å². The van der Waals surface area contributed by atoms with Gasteiger partial charge in [0.15, 0.2) is 0 Å². The predicted octanol–water partition coefficient (Wildman–Crippen LogP) is 2.83. The fraction of sp³-hybridized carbons (Fsp3) is 0.600. The van der Waals surface area contributed by atoms with Crippen LogP contribution in [0.25, 0.3) is 0 Å². The zero-order chi connectivity index (χ0) is 13.0. The first-order chi connectivity index (χ1) is 8.66. The van der Waals surface area contributed by atoms with Gasteiger partial charge in [-0.3, -0.25) is 4.90 Å². The van der Waals surface area contributed by atoms with Crippen molar-refractivity contribution < 1.29 is 4.74 Å². The number of ether oxygens (including phenoxy) is 1. The summed E-state index contributed by atoms with van der Waals surface area (Å²) in [4.78, 5) is 2.51. The van der Waals surface area contributed by atoms with Crippen LogP contribution in [0.3, 0.4) is 0 Å². The molecule has 1 unspecified atom stereocenters. The lowest BCUT2D eigenvalue weighted by atomic mass is 10.0. The van der Waals surface area contributed by atoms with Crippen molar-refractivity contribution in [2.24, 2.45) is 0 Å². The van der Waals surface area contributed by atoms with Crippen molar-refractivity contribution in [3.63, 3.8) is 0 Å². The monoisotopic (exact) mass is 248 g/mol. The van der Waals surface area contributed by atoms with Crippen molar-refractivity contribution in [3.8, 4) is 5.75 Å². The van der Waals surface area contributed by atoms with Gasteiger partial charge in [-0.2, -0.15) is 0 Å². The van der Waals surface area contributed by atoms with Gasteiger partial charge in [-0.1, -0.05) is 12.5 Å². The van der Waals surface area contributed by atoms with Gasteiger partial charge in [0, 0.05) is 12.6 Å². The Bertz CT molecular complexity index is 392. The van der Waals surface area contributed by atoms with Gasteiger partial charge in [0.1, 0.15) is 12.4 Å².